The van der Waals surface area contributed by atoms with E-state index in [0.29, 0.717) is 24.7 Å². The van der Waals surface area contributed by atoms with Gasteiger partial charge in [0.25, 0.3) is 0 Å². The lowest BCUT2D eigenvalue weighted by atomic mass is 10.0. The number of nitrogens with zero attached hydrogens (tertiary/aromatic N) is 2. The summed E-state index contributed by atoms with van der Waals surface area (Å²) in [7, 11) is 0. The summed E-state index contributed by atoms with van der Waals surface area (Å²) >= 11 is 6.20. The Labute approximate surface area is 206 Å². The van der Waals surface area contributed by atoms with E-state index in [-0.39, 0.29) is 12.7 Å². The fraction of sp³-hybridized carbons (Fsp3) is 0.321. The number of aliphatic hydroxyl groups excluding tert-OH is 1. The molecule has 4 rings (SSSR count). The van der Waals surface area contributed by atoms with Gasteiger partial charge in [0, 0.05) is 31.1 Å². The number of hydrogen-bond acceptors (Lipinski definition) is 5. The van der Waals surface area contributed by atoms with Crippen molar-refractivity contribution < 1.29 is 14.7 Å². The molecule has 0 aliphatic carbocycles. The quantitative estimate of drug-likeness (QED) is 0.424. The number of hydrogen-bond donors (Lipinski definition) is 1. The molecule has 0 amide bonds. The average molecular weight is 479 g/mol. The molecule has 2 atom stereocenters. The summed E-state index contributed by atoms with van der Waals surface area (Å²) in [5.41, 5.74) is 5.38. The molecule has 178 valence electrons. The Bertz CT molecular complexity index is 1120. The Morgan fingerprint density at radius 2 is 1.88 bits per heavy atom. The molecule has 3 aromatic carbocycles. The first-order chi connectivity index (χ1) is 16.5. The van der Waals surface area contributed by atoms with Crippen molar-refractivity contribution in [2.24, 2.45) is 5.16 Å². The van der Waals surface area contributed by atoms with Crippen molar-refractivity contribution in [1.82, 2.24) is 4.90 Å². The Morgan fingerprint density at radius 1 is 1.09 bits per heavy atom. The zero-order chi connectivity index (χ0) is 23.9. The van der Waals surface area contributed by atoms with Gasteiger partial charge < -0.3 is 14.7 Å². The SMILES string of the molecule is Cc1ccc(C2=NOC(CN(Cc3cccc(Cl)c3)CC(O)COc3ccccc3C)C2)cc1. The van der Waals surface area contributed by atoms with Gasteiger partial charge >= 0.3 is 0 Å². The second-order valence-corrected chi connectivity index (χ2v) is 9.33. The number of para-hydroxylation sites is 1. The van der Waals surface area contributed by atoms with Gasteiger partial charge in [-0.2, -0.15) is 0 Å². The fourth-order valence-corrected chi connectivity index (χ4v) is 4.30. The molecule has 1 aliphatic heterocycles. The van der Waals surface area contributed by atoms with Crippen molar-refractivity contribution >= 4 is 17.3 Å². The van der Waals surface area contributed by atoms with Gasteiger partial charge in [-0.25, -0.2) is 0 Å². The van der Waals surface area contributed by atoms with Gasteiger partial charge in [-0.1, -0.05) is 76.9 Å². The Morgan fingerprint density at radius 3 is 2.65 bits per heavy atom. The molecular formula is C28H31ClN2O3. The van der Waals surface area contributed by atoms with Crippen molar-refractivity contribution in [2.45, 2.75) is 39.0 Å². The molecule has 1 heterocycles. The molecule has 1 N–H and O–H groups in total. The maximum absolute atomic E-state index is 10.8. The maximum atomic E-state index is 10.8. The lowest BCUT2D eigenvalue weighted by molar-refractivity contribution is 0.0212. The summed E-state index contributed by atoms with van der Waals surface area (Å²) in [5.74, 6) is 0.790. The predicted octanol–water partition coefficient (Wildman–Crippen LogP) is 5.39. The van der Waals surface area contributed by atoms with Crippen molar-refractivity contribution in [3.05, 3.63) is 100 Å². The van der Waals surface area contributed by atoms with E-state index in [0.717, 1.165) is 34.6 Å². The Kier molecular flexibility index (Phi) is 8.22. The number of halogens is 1. The predicted molar refractivity (Wildman–Crippen MR) is 137 cm³/mol. The summed E-state index contributed by atoms with van der Waals surface area (Å²) in [5, 5.41) is 15.8. The Balaban J connectivity index is 1.38. The first-order valence-corrected chi connectivity index (χ1v) is 12.0. The summed E-state index contributed by atoms with van der Waals surface area (Å²) in [4.78, 5) is 7.95. The third-order valence-electron chi connectivity index (χ3n) is 5.87. The number of oxime groups is 1. The molecule has 0 saturated heterocycles. The first-order valence-electron chi connectivity index (χ1n) is 11.6. The van der Waals surface area contributed by atoms with Crippen LogP contribution >= 0.6 is 11.6 Å². The number of aryl methyl sites for hydroxylation is 2. The molecule has 34 heavy (non-hydrogen) atoms. The highest BCUT2D eigenvalue weighted by Crippen LogP contribution is 2.21. The molecule has 0 bridgehead atoms. The monoisotopic (exact) mass is 478 g/mol. The van der Waals surface area contributed by atoms with Crippen LogP contribution in [0.4, 0.5) is 0 Å². The van der Waals surface area contributed by atoms with Crippen LogP contribution in [0.1, 0.15) is 28.7 Å². The minimum atomic E-state index is -0.655. The Hall–Kier alpha value is -2.86. The second-order valence-electron chi connectivity index (χ2n) is 8.89. The van der Waals surface area contributed by atoms with Gasteiger partial charge in [0.15, 0.2) is 0 Å². The van der Waals surface area contributed by atoms with Crippen LogP contribution in [0.15, 0.2) is 78.0 Å². The standard InChI is InChI=1S/C28H31ClN2O3/c1-20-10-12-23(13-11-20)27-15-26(34-30-27)18-31(16-22-7-5-8-24(29)14-22)17-25(32)19-33-28-9-4-3-6-21(28)2/h3-14,25-26,32H,15-19H2,1-2H3. The van der Waals surface area contributed by atoms with Crippen LogP contribution in [0.25, 0.3) is 0 Å². The minimum Gasteiger partial charge on any atom is -0.491 e. The normalized spacial score (nSPS) is 16.3. The van der Waals surface area contributed by atoms with Crippen LogP contribution in [0.3, 0.4) is 0 Å². The van der Waals surface area contributed by atoms with Crippen LogP contribution in [-0.4, -0.2) is 47.6 Å². The molecule has 3 aromatic rings. The van der Waals surface area contributed by atoms with Gasteiger partial charge in [0.1, 0.15) is 24.6 Å². The number of rotatable bonds is 10. The van der Waals surface area contributed by atoms with Gasteiger partial charge in [0.2, 0.25) is 0 Å². The van der Waals surface area contributed by atoms with Crippen molar-refractivity contribution in [2.75, 3.05) is 19.7 Å². The molecule has 5 nitrogen and oxygen atoms in total. The average Bonchev–Trinajstić information content (AvgIpc) is 3.27. The van der Waals surface area contributed by atoms with E-state index in [1.54, 1.807) is 0 Å². The molecule has 0 saturated carbocycles. The first kappa shape index (κ1) is 24.3. The van der Waals surface area contributed by atoms with Crippen molar-refractivity contribution in [1.29, 1.82) is 0 Å². The van der Waals surface area contributed by atoms with E-state index < -0.39 is 6.10 Å². The highest BCUT2D eigenvalue weighted by molar-refractivity contribution is 6.30. The van der Waals surface area contributed by atoms with Gasteiger partial charge in [-0.3, -0.25) is 4.90 Å². The molecule has 2 unspecified atom stereocenters. The van der Waals surface area contributed by atoms with Gasteiger partial charge in [0.05, 0.1) is 5.71 Å². The van der Waals surface area contributed by atoms with Gasteiger partial charge in [-0.05, 0) is 48.7 Å². The molecular weight excluding hydrogens is 448 g/mol. The minimum absolute atomic E-state index is 0.0834. The fourth-order valence-electron chi connectivity index (χ4n) is 4.08. The van der Waals surface area contributed by atoms with Gasteiger partial charge in [-0.15, -0.1) is 0 Å². The molecule has 0 aromatic heterocycles. The van der Waals surface area contributed by atoms with Crippen LogP contribution in [-0.2, 0) is 11.4 Å². The van der Waals surface area contributed by atoms with E-state index in [4.69, 9.17) is 21.2 Å². The van der Waals surface area contributed by atoms with Crippen molar-refractivity contribution in [3.63, 3.8) is 0 Å². The number of benzene rings is 3. The summed E-state index contributed by atoms with van der Waals surface area (Å²) in [6.45, 7) is 6.00. The van der Waals surface area contributed by atoms with E-state index >= 15 is 0 Å². The molecule has 6 heteroatoms. The number of ether oxygens (including phenoxy) is 1. The van der Waals surface area contributed by atoms with Crippen LogP contribution < -0.4 is 4.74 Å². The second kappa shape index (κ2) is 11.5. The van der Waals surface area contributed by atoms with E-state index in [1.807, 2.05) is 55.5 Å². The highest BCUT2D eigenvalue weighted by atomic mass is 35.5. The third-order valence-corrected chi connectivity index (χ3v) is 6.10. The summed E-state index contributed by atoms with van der Waals surface area (Å²) < 4.78 is 5.87. The third kappa shape index (κ3) is 6.83. The van der Waals surface area contributed by atoms with Crippen LogP contribution in [0, 0.1) is 13.8 Å². The van der Waals surface area contributed by atoms with E-state index in [1.165, 1.54) is 5.56 Å². The lowest BCUT2D eigenvalue weighted by Gasteiger charge is -2.27. The smallest absolute Gasteiger partial charge is 0.145 e. The molecule has 0 spiro atoms. The largest absolute Gasteiger partial charge is 0.491 e. The van der Waals surface area contributed by atoms with Crippen molar-refractivity contribution in [3.8, 4) is 5.75 Å². The summed E-state index contributed by atoms with van der Waals surface area (Å²) in [6.07, 6.45) is -0.0112. The topological polar surface area (TPSA) is 54.3 Å². The highest BCUT2D eigenvalue weighted by Gasteiger charge is 2.26. The maximum Gasteiger partial charge on any atom is 0.145 e. The van der Waals surface area contributed by atoms with E-state index in [9.17, 15) is 5.11 Å². The summed E-state index contributed by atoms with van der Waals surface area (Å²) in [6, 6.07) is 23.9. The van der Waals surface area contributed by atoms with Crippen LogP contribution in [0.2, 0.25) is 5.02 Å². The zero-order valence-electron chi connectivity index (χ0n) is 19.7. The molecule has 0 radical (unpaired) electrons. The zero-order valence-corrected chi connectivity index (χ0v) is 20.4. The lowest BCUT2D eigenvalue weighted by Crippen LogP contribution is -2.39. The van der Waals surface area contributed by atoms with E-state index in [2.05, 4.69) is 41.2 Å². The van der Waals surface area contributed by atoms with Crippen LogP contribution in [0.5, 0.6) is 5.75 Å². The number of aliphatic hydroxyl groups is 1. The molecule has 1 aliphatic rings. The molecule has 0 fully saturated rings.